The van der Waals surface area contributed by atoms with Crippen LogP contribution < -0.4 is 0 Å². The Labute approximate surface area is 139 Å². The summed E-state index contributed by atoms with van der Waals surface area (Å²) in [6, 6.07) is 7.92. The molecule has 0 spiro atoms. The molecule has 0 aliphatic carbocycles. The number of nitro groups is 2. The fourth-order valence-electron chi connectivity index (χ4n) is 1.66. The quantitative estimate of drug-likeness (QED) is 0.446. The van der Waals surface area contributed by atoms with Gasteiger partial charge in [-0.3, -0.25) is 20.2 Å². The second-order valence-corrected chi connectivity index (χ2v) is 6.29. The molecule has 0 unspecified atom stereocenters. The standard InChI is InChI=1S/C12H7ClN4O6S/c13-8-2-1-3-9(6-8)14-15-24(22,23)12-5-4-10(16(18)19)7-11(12)17(20)21/h1-7H. The number of non-ortho nitro benzene ring substituents is 1. The highest BCUT2D eigenvalue weighted by atomic mass is 35.5. The van der Waals surface area contributed by atoms with E-state index in [4.69, 9.17) is 11.6 Å². The van der Waals surface area contributed by atoms with Crippen LogP contribution in [0.15, 0.2) is 57.0 Å². The van der Waals surface area contributed by atoms with Crippen molar-refractivity contribution in [2.45, 2.75) is 4.90 Å². The van der Waals surface area contributed by atoms with Gasteiger partial charge in [0.1, 0.15) is 0 Å². The van der Waals surface area contributed by atoms with Crippen molar-refractivity contribution in [2.75, 3.05) is 0 Å². The maximum Gasteiger partial charge on any atom is 0.306 e. The minimum atomic E-state index is -4.54. The lowest BCUT2D eigenvalue weighted by molar-refractivity contribution is -0.396. The van der Waals surface area contributed by atoms with Crippen LogP contribution in [0.25, 0.3) is 0 Å². The Balaban J connectivity index is 2.49. The van der Waals surface area contributed by atoms with Gasteiger partial charge in [0, 0.05) is 11.1 Å². The number of hydrogen-bond acceptors (Lipinski definition) is 7. The number of halogens is 1. The van der Waals surface area contributed by atoms with E-state index in [0.29, 0.717) is 11.1 Å². The molecule has 24 heavy (non-hydrogen) atoms. The summed E-state index contributed by atoms with van der Waals surface area (Å²) in [5.41, 5.74) is -1.46. The van der Waals surface area contributed by atoms with Crippen LogP contribution in [0.5, 0.6) is 0 Å². The van der Waals surface area contributed by atoms with Crippen LogP contribution in [0, 0.1) is 20.2 Å². The number of hydrogen-bond donors (Lipinski definition) is 0. The van der Waals surface area contributed by atoms with Gasteiger partial charge in [-0.2, -0.15) is 8.42 Å². The highest BCUT2D eigenvalue weighted by molar-refractivity contribution is 7.90. The Morgan fingerprint density at radius 2 is 1.71 bits per heavy atom. The van der Waals surface area contributed by atoms with Crippen LogP contribution >= 0.6 is 11.6 Å². The third-order valence-electron chi connectivity index (χ3n) is 2.70. The molecule has 0 saturated heterocycles. The van der Waals surface area contributed by atoms with E-state index in [1.807, 2.05) is 0 Å². The second kappa shape index (κ2) is 6.68. The van der Waals surface area contributed by atoms with E-state index in [1.54, 1.807) is 0 Å². The average Bonchev–Trinajstić information content (AvgIpc) is 2.52. The van der Waals surface area contributed by atoms with Crippen LogP contribution in [0.1, 0.15) is 0 Å². The van der Waals surface area contributed by atoms with Crippen molar-refractivity contribution in [2.24, 2.45) is 9.63 Å². The van der Waals surface area contributed by atoms with Gasteiger partial charge < -0.3 is 0 Å². The molecule has 0 fully saturated rings. The monoisotopic (exact) mass is 370 g/mol. The van der Waals surface area contributed by atoms with Crippen molar-refractivity contribution >= 4 is 38.7 Å². The molecular formula is C12H7ClN4O6S. The van der Waals surface area contributed by atoms with Crippen molar-refractivity contribution in [3.63, 3.8) is 0 Å². The lowest BCUT2D eigenvalue weighted by Gasteiger charge is -2.00. The normalized spacial score (nSPS) is 11.5. The maximum absolute atomic E-state index is 12.1. The molecule has 0 aliphatic rings. The molecule has 0 N–H and O–H groups in total. The lowest BCUT2D eigenvalue weighted by Crippen LogP contribution is -2.03. The third kappa shape index (κ3) is 3.88. The van der Waals surface area contributed by atoms with Gasteiger partial charge in [0.15, 0.2) is 4.90 Å². The van der Waals surface area contributed by atoms with Crippen LogP contribution in [0.4, 0.5) is 17.1 Å². The number of sulfonamides is 1. The van der Waals surface area contributed by atoms with E-state index in [2.05, 4.69) is 9.63 Å². The predicted octanol–water partition coefficient (Wildman–Crippen LogP) is 3.63. The molecule has 0 aliphatic heterocycles. The molecular weight excluding hydrogens is 364 g/mol. The summed E-state index contributed by atoms with van der Waals surface area (Å²) < 4.78 is 27.4. The van der Waals surface area contributed by atoms with Crippen LogP contribution in [0.3, 0.4) is 0 Å². The highest BCUT2D eigenvalue weighted by Gasteiger charge is 2.28. The largest absolute Gasteiger partial charge is 0.306 e. The zero-order valence-electron chi connectivity index (χ0n) is 11.6. The van der Waals surface area contributed by atoms with Crippen LogP contribution in [0.2, 0.25) is 5.02 Å². The van der Waals surface area contributed by atoms with E-state index in [-0.39, 0.29) is 5.69 Å². The Bertz CT molecular complexity index is 960. The number of benzene rings is 2. The summed E-state index contributed by atoms with van der Waals surface area (Å²) in [7, 11) is -4.54. The number of rotatable bonds is 5. The first-order chi connectivity index (χ1) is 11.2. The first-order valence-electron chi connectivity index (χ1n) is 6.07. The first kappa shape index (κ1) is 17.4. The predicted molar refractivity (Wildman–Crippen MR) is 82.9 cm³/mol. The van der Waals surface area contributed by atoms with Crippen LogP contribution in [-0.4, -0.2) is 18.3 Å². The van der Waals surface area contributed by atoms with Crippen molar-refractivity contribution < 1.29 is 18.3 Å². The van der Waals surface area contributed by atoms with Crippen molar-refractivity contribution in [3.8, 4) is 0 Å². The van der Waals surface area contributed by atoms with E-state index in [1.165, 1.54) is 24.3 Å². The summed E-state index contributed by atoms with van der Waals surface area (Å²) >= 11 is 5.72. The molecule has 2 aromatic carbocycles. The summed E-state index contributed by atoms with van der Waals surface area (Å²) in [5, 5.41) is 25.4. The van der Waals surface area contributed by atoms with Gasteiger partial charge in [-0.25, -0.2) is 0 Å². The first-order valence-corrected chi connectivity index (χ1v) is 7.89. The van der Waals surface area contributed by atoms with Crippen molar-refractivity contribution in [1.82, 2.24) is 0 Å². The molecule has 0 atom stereocenters. The fraction of sp³-hybridized carbons (Fsp3) is 0. The van der Waals surface area contributed by atoms with Crippen molar-refractivity contribution in [3.05, 3.63) is 67.7 Å². The summed E-state index contributed by atoms with van der Waals surface area (Å²) in [5.74, 6) is 0. The third-order valence-corrected chi connectivity index (χ3v) is 4.13. The molecule has 124 valence electrons. The summed E-state index contributed by atoms with van der Waals surface area (Å²) in [6.45, 7) is 0. The Morgan fingerprint density at radius 3 is 2.29 bits per heavy atom. The van der Waals surface area contributed by atoms with Gasteiger partial charge in [-0.15, -0.1) is 5.11 Å². The highest BCUT2D eigenvalue weighted by Crippen LogP contribution is 2.30. The Hall–Kier alpha value is -2.92. The second-order valence-electron chi connectivity index (χ2n) is 4.30. The Morgan fingerprint density at radius 1 is 1.00 bits per heavy atom. The van der Waals surface area contributed by atoms with Crippen LogP contribution in [-0.2, 0) is 10.0 Å². The SMILES string of the molecule is O=[N+]([O-])c1ccc(S(=O)(=O)N=Nc2cccc(Cl)c2)c([N+](=O)[O-])c1. The smallest absolute Gasteiger partial charge is 0.258 e. The molecule has 2 aromatic rings. The maximum atomic E-state index is 12.1. The minimum absolute atomic E-state index is 0.121. The molecule has 10 nitrogen and oxygen atoms in total. The van der Waals surface area contributed by atoms with E-state index >= 15 is 0 Å². The van der Waals surface area contributed by atoms with E-state index < -0.39 is 36.1 Å². The number of nitrogens with zero attached hydrogens (tertiary/aromatic N) is 4. The molecule has 2 rings (SSSR count). The average molecular weight is 371 g/mol. The van der Waals surface area contributed by atoms with Gasteiger partial charge in [0.2, 0.25) is 0 Å². The van der Waals surface area contributed by atoms with Gasteiger partial charge >= 0.3 is 10.0 Å². The lowest BCUT2D eigenvalue weighted by atomic mass is 10.3. The molecule has 0 amide bonds. The molecule has 0 saturated carbocycles. The van der Waals surface area contributed by atoms with Gasteiger partial charge in [-0.05, 0) is 24.3 Å². The molecule has 12 heteroatoms. The topological polar surface area (TPSA) is 145 Å². The van der Waals surface area contributed by atoms with E-state index in [9.17, 15) is 28.6 Å². The zero-order chi connectivity index (χ0) is 17.9. The molecule has 0 aromatic heterocycles. The molecule has 0 bridgehead atoms. The zero-order valence-corrected chi connectivity index (χ0v) is 13.1. The molecule has 0 heterocycles. The summed E-state index contributed by atoms with van der Waals surface area (Å²) in [4.78, 5) is 18.9. The van der Waals surface area contributed by atoms with Gasteiger partial charge in [0.25, 0.3) is 11.4 Å². The van der Waals surface area contributed by atoms with Gasteiger partial charge in [0.05, 0.1) is 21.6 Å². The Kier molecular flexibility index (Phi) is 4.85. The van der Waals surface area contributed by atoms with Gasteiger partial charge in [-0.1, -0.05) is 22.2 Å². The fourth-order valence-corrected chi connectivity index (χ4v) is 2.78. The minimum Gasteiger partial charge on any atom is -0.258 e. The van der Waals surface area contributed by atoms with E-state index in [0.717, 1.165) is 12.1 Å². The number of nitro benzene ring substituents is 2. The summed E-state index contributed by atoms with van der Waals surface area (Å²) in [6.07, 6.45) is 0. The molecule has 0 radical (unpaired) electrons. The van der Waals surface area contributed by atoms with Crippen molar-refractivity contribution in [1.29, 1.82) is 0 Å².